The van der Waals surface area contributed by atoms with Crippen LogP contribution in [-0.2, 0) is 28.5 Å². The number of hydrogen-bond donors (Lipinski definition) is 0. The van der Waals surface area contributed by atoms with Crippen molar-refractivity contribution in [3.8, 4) is 0 Å². The quantitative estimate of drug-likeness (QED) is 0.249. The number of hydrogen-bond acceptors (Lipinski definition) is 6. The van der Waals surface area contributed by atoms with Crippen molar-refractivity contribution in [3.05, 3.63) is 0 Å². The Hall–Kier alpha value is -0.923. The Morgan fingerprint density at radius 2 is 2.05 bits per heavy atom. The molecule has 1 heterocycles. The summed E-state index contributed by atoms with van der Waals surface area (Å²) in [4.78, 5) is 22.0. The van der Waals surface area contributed by atoms with E-state index in [9.17, 15) is 9.59 Å². The number of ether oxygens (including phenoxy) is 4. The summed E-state index contributed by atoms with van der Waals surface area (Å²) in [6.07, 6.45) is 1.22. The minimum absolute atomic E-state index is 0.144. The van der Waals surface area contributed by atoms with Crippen molar-refractivity contribution in [3.63, 3.8) is 0 Å². The van der Waals surface area contributed by atoms with Crippen molar-refractivity contribution in [2.24, 2.45) is 0 Å². The lowest BCUT2D eigenvalue weighted by atomic mass is 10.4. The molecule has 1 rings (SSSR count). The molecule has 0 radical (unpaired) electrons. The lowest BCUT2D eigenvalue weighted by Crippen LogP contribution is -2.42. The molecule has 0 N–H and O–H groups in total. The summed E-state index contributed by atoms with van der Waals surface area (Å²) >= 11 is 0. The predicted octanol–water partition coefficient (Wildman–Crippen LogP) is 0.221. The Labute approximate surface area is 121 Å². The van der Waals surface area contributed by atoms with Crippen LogP contribution < -0.4 is 0 Å². The van der Waals surface area contributed by atoms with E-state index >= 15 is 0 Å². The first-order valence-corrected chi connectivity index (χ1v) is 8.64. The second-order valence-electron chi connectivity index (χ2n) is 5.31. The lowest BCUT2D eigenvalue weighted by molar-refractivity contribution is -0.159. The van der Waals surface area contributed by atoms with Gasteiger partial charge in [-0.1, -0.05) is 6.04 Å². The molecule has 0 saturated carbocycles. The van der Waals surface area contributed by atoms with Crippen molar-refractivity contribution >= 4 is 21.5 Å². The third-order valence-corrected chi connectivity index (χ3v) is 5.18. The third kappa shape index (κ3) is 8.29. The lowest BCUT2D eigenvalue weighted by Gasteiger charge is -2.28. The number of epoxide rings is 1. The molecular weight excluding hydrogens is 280 g/mol. The summed E-state index contributed by atoms with van der Waals surface area (Å²) in [6.45, 7) is 6.87. The predicted molar refractivity (Wildman–Crippen MR) is 75.3 cm³/mol. The maximum Gasteiger partial charge on any atom is 0.302 e. The van der Waals surface area contributed by atoms with Crippen LogP contribution in [0.4, 0.5) is 0 Å². The second kappa shape index (κ2) is 8.38. The minimum atomic E-state index is -0.720. The van der Waals surface area contributed by atoms with Gasteiger partial charge in [-0.3, -0.25) is 9.59 Å². The van der Waals surface area contributed by atoms with E-state index in [-0.39, 0.29) is 18.5 Å². The van der Waals surface area contributed by atoms with Gasteiger partial charge < -0.3 is 18.9 Å². The van der Waals surface area contributed by atoms with Crippen molar-refractivity contribution < 1.29 is 28.5 Å². The molecule has 6 nitrogen and oxygen atoms in total. The Bertz CT molecular complexity index is 331. The van der Waals surface area contributed by atoms with E-state index in [0.29, 0.717) is 19.3 Å². The summed E-state index contributed by atoms with van der Waals surface area (Å²) in [5, 5.41) is -0.628. The van der Waals surface area contributed by atoms with Gasteiger partial charge in [0.15, 0.2) is 0 Å². The van der Waals surface area contributed by atoms with Crippen LogP contribution in [-0.4, -0.2) is 59.2 Å². The smallest absolute Gasteiger partial charge is 0.302 e. The fourth-order valence-corrected chi connectivity index (χ4v) is 3.59. The first-order valence-electron chi connectivity index (χ1n) is 6.93. The zero-order chi connectivity index (χ0) is 15.0. The summed E-state index contributed by atoms with van der Waals surface area (Å²) in [7, 11) is -0.720. The molecule has 2 unspecified atom stereocenters. The van der Waals surface area contributed by atoms with Crippen molar-refractivity contribution in [1.29, 1.82) is 0 Å². The molecule has 0 spiro atoms. The van der Waals surface area contributed by atoms with Crippen molar-refractivity contribution in [2.45, 2.75) is 44.6 Å². The molecule has 1 fully saturated rings. The fourth-order valence-electron chi connectivity index (χ4n) is 1.84. The van der Waals surface area contributed by atoms with Crippen LogP contribution in [0, 0.1) is 0 Å². The maximum absolute atomic E-state index is 11.1. The zero-order valence-electron chi connectivity index (χ0n) is 12.5. The van der Waals surface area contributed by atoms with Gasteiger partial charge in [-0.15, -0.1) is 0 Å². The molecule has 20 heavy (non-hydrogen) atoms. The highest BCUT2D eigenvalue weighted by Gasteiger charge is 2.29. The molecule has 0 amide bonds. The topological polar surface area (TPSA) is 74.4 Å². The highest BCUT2D eigenvalue weighted by atomic mass is 28.2. The van der Waals surface area contributed by atoms with Crippen molar-refractivity contribution in [2.75, 3.05) is 26.4 Å². The van der Waals surface area contributed by atoms with Gasteiger partial charge in [0.05, 0.1) is 22.7 Å². The molecule has 1 saturated heterocycles. The molecule has 0 aromatic rings. The average molecular weight is 304 g/mol. The van der Waals surface area contributed by atoms with Crippen LogP contribution in [0.2, 0.25) is 6.04 Å². The Kier molecular flexibility index (Phi) is 7.18. The summed E-state index contributed by atoms with van der Waals surface area (Å²) in [5.41, 5.74) is 0. The van der Waals surface area contributed by atoms with Crippen molar-refractivity contribution in [1.82, 2.24) is 0 Å². The van der Waals surface area contributed by atoms with E-state index in [1.165, 1.54) is 13.8 Å². The molecule has 7 heteroatoms. The first-order chi connectivity index (χ1) is 9.41. The van der Waals surface area contributed by atoms with Crippen LogP contribution >= 0.6 is 0 Å². The van der Waals surface area contributed by atoms with E-state index in [1.54, 1.807) is 0 Å². The highest BCUT2D eigenvalue weighted by Crippen LogP contribution is 2.14. The molecule has 1 aliphatic rings. The molecule has 0 aromatic carbocycles. The number of carbonyl (C=O) groups excluding carboxylic acids is 2. The first kappa shape index (κ1) is 17.1. The standard InChI is InChI=1S/C13H24O6Si/c1-10(14)18-9-13(3,19-11(2)15)20-6-4-5-16-7-12-8-17-12/h12H,4-9,20H2,1-3H3. The fraction of sp³-hybridized carbons (Fsp3) is 0.846. The summed E-state index contributed by atoms with van der Waals surface area (Å²) < 4.78 is 20.8. The van der Waals surface area contributed by atoms with Gasteiger partial charge in [0.1, 0.15) is 17.9 Å². The number of carbonyl (C=O) groups is 2. The van der Waals surface area contributed by atoms with Gasteiger partial charge in [-0.2, -0.15) is 0 Å². The Morgan fingerprint density at radius 3 is 2.60 bits per heavy atom. The summed E-state index contributed by atoms with van der Waals surface area (Å²) in [6, 6.07) is 0.969. The molecule has 0 aliphatic carbocycles. The second-order valence-corrected chi connectivity index (χ2v) is 8.01. The van der Waals surface area contributed by atoms with Crippen LogP contribution in [0.5, 0.6) is 0 Å². The van der Waals surface area contributed by atoms with E-state index in [0.717, 1.165) is 19.1 Å². The SMILES string of the molecule is CC(=O)OCC(C)(OC(C)=O)[SiH2]CCCOCC1CO1. The monoisotopic (exact) mass is 304 g/mol. The van der Waals surface area contributed by atoms with Gasteiger partial charge in [0.25, 0.3) is 0 Å². The Balaban J connectivity index is 2.19. The van der Waals surface area contributed by atoms with Gasteiger partial charge in [0, 0.05) is 20.5 Å². The van der Waals surface area contributed by atoms with Gasteiger partial charge in [0.2, 0.25) is 0 Å². The van der Waals surface area contributed by atoms with E-state index < -0.39 is 14.7 Å². The molecule has 0 aromatic heterocycles. The van der Waals surface area contributed by atoms with Crippen LogP contribution in [0.15, 0.2) is 0 Å². The minimum Gasteiger partial charge on any atom is -0.462 e. The summed E-state index contributed by atoms with van der Waals surface area (Å²) in [5.74, 6) is -0.695. The van der Waals surface area contributed by atoms with Gasteiger partial charge >= 0.3 is 11.9 Å². The highest BCUT2D eigenvalue weighted by molar-refractivity contribution is 6.39. The molecule has 2 atom stereocenters. The van der Waals surface area contributed by atoms with E-state index in [1.807, 2.05) is 6.92 Å². The zero-order valence-corrected chi connectivity index (χ0v) is 13.9. The normalized spacial score (nSPS) is 20.6. The molecular formula is C13H24O6Si. The van der Waals surface area contributed by atoms with Crippen LogP contribution in [0.25, 0.3) is 0 Å². The van der Waals surface area contributed by atoms with Gasteiger partial charge in [-0.05, 0) is 13.3 Å². The third-order valence-electron chi connectivity index (χ3n) is 2.92. The van der Waals surface area contributed by atoms with E-state index in [2.05, 4.69) is 0 Å². The molecule has 0 bridgehead atoms. The largest absolute Gasteiger partial charge is 0.462 e. The number of esters is 2. The molecule has 116 valence electrons. The maximum atomic E-state index is 11.1. The Morgan fingerprint density at radius 1 is 1.35 bits per heavy atom. The van der Waals surface area contributed by atoms with E-state index in [4.69, 9.17) is 18.9 Å². The van der Waals surface area contributed by atoms with Crippen LogP contribution in [0.3, 0.4) is 0 Å². The van der Waals surface area contributed by atoms with Crippen LogP contribution in [0.1, 0.15) is 27.2 Å². The number of rotatable bonds is 10. The molecule has 1 aliphatic heterocycles. The van der Waals surface area contributed by atoms with Gasteiger partial charge in [-0.25, -0.2) is 0 Å². The average Bonchev–Trinajstić information content (AvgIpc) is 3.14.